The van der Waals surface area contributed by atoms with Crippen LogP contribution in [0.25, 0.3) is 0 Å². The normalized spacial score (nSPS) is 29.7. The summed E-state index contributed by atoms with van der Waals surface area (Å²) >= 11 is 0. The summed E-state index contributed by atoms with van der Waals surface area (Å²) in [5, 5.41) is 0. The summed E-state index contributed by atoms with van der Waals surface area (Å²) in [6.45, 7) is 9.67. The van der Waals surface area contributed by atoms with Crippen LogP contribution in [0.15, 0.2) is 30.3 Å². The first kappa shape index (κ1) is 17.5. The van der Waals surface area contributed by atoms with Crippen molar-refractivity contribution in [2.75, 3.05) is 52.5 Å². The van der Waals surface area contributed by atoms with Crippen molar-refractivity contribution in [3.63, 3.8) is 0 Å². The van der Waals surface area contributed by atoms with Crippen molar-refractivity contribution in [2.45, 2.75) is 32.1 Å². The van der Waals surface area contributed by atoms with E-state index in [2.05, 4.69) is 40.1 Å². The molecule has 2 heterocycles. The molecule has 138 valence electrons. The van der Waals surface area contributed by atoms with Crippen LogP contribution in [0, 0.1) is 17.8 Å². The zero-order valence-corrected chi connectivity index (χ0v) is 15.6. The van der Waals surface area contributed by atoms with Gasteiger partial charge in [-0.3, -0.25) is 0 Å². The van der Waals surface area contributed by atoms with Gasteiger partial charge in [-0.25, -0.2) is 0 Å². The molecule has 2 aliphatic heterocycles. The van der Waals surface area contributed by atoms with E-state index in [-0.39, 0.29) is 0 Å². The first-order valence-electron chi connectivity index (χ1n) is 10.5. The Morgan fingerprint density at radius 2 is 1.64 bits per heavy atom. The van der Waals surface area contributed by atoms with Crippen LogP contribution in [0.4, 0.5) is 0 Å². The molecule has 2 unspecified atom stereocenters. The number of ether oxygens (including phenoxy) is 1. The lowest BCUT2D eigenvalue weighted by Gasteiger charge is -2.26. The standard InChI is InChI=1S/C22H34N2O/c1-3-8-19(9-4-1)10-14-24-16-20-21(17-24)22(20)18-25-15-7-13-23-11-5-2-6-12-23/h1,3-4,8-9,20-22H,2,5-7,10-18H2. The van der Waals surface area contributed by atoms with E-state index >= 15 is 0 Å². The maximum Gasteiger partial charge on any atom is 0.0500 e. The van der Waals surface area contributed by atoms with Crippen LogP contribution >= 0.6 is 0 Å². The lowest BCUT2D eigenvalue weighted by molar-refractivity contribution is 0.0972. The van der Waals surface area contributed by atoms with E-state index < -0.39 is 0 Å². The van der Waals surface area contributed by atoms with Crippen LogP contribution in [-0.2, 0) is 11.2 Å². The third-order valence-corrected chi connectivity index (χ3v) is 6.53. The van der Waals surface area contributed by atoms with Gasteiger partial charge in [-0.1, -0.05) is 36.8 Å². The van der Waals surface area contributed by atoms with Crippen molar-refractivity contribution in [3.8, 4) is 0 Å². The Morgan fingerprint density at radius 1 is 0.880 bits per heavy atom. The van der Waals surface area contributed by atoms with Gasteiger partial charge in [0.2, 0.25) is 0 Å². The minimum atomic E-state index is 0.864. The topological polar surface area (TPSA) is 15.7 Å². The van der Waals surface area contributed by atoms with E-state index in [0.717, 1.165) is 31.0 Å². The van der Waals surface area contributed by atoms with E-state index in [4.69, 9.17) is 4.74 Å². The number of rotatable bonds is 9. The van der Waals surface area contributed by atoms with Crippen molar-refractivity contribution in [2.24, 2.45) is 17.8 Å². The second-order valence-electron chi connectivity index (χ2n) is 8.32. The van der Waals surface area contributed by atoms with Crippen molar-refractivity contribution < 1.29 is 4.74 Å². The molecule has 3 aliphatic rings. The zero-order chi connectivity index (χ0) is 16.9. The number of hydrogen-bond acceptors (Lipinski definition) is 3. The highest BCUT2D eigenvalue weighted by Gasteiger charge is 2.55. The molecule has 3 heteroatoms. The highest BCUT2D eigenvalue weighted by Crippen LogP contribution is 2.51. The Kier molecular flexibility index (Phi) is 6.06. The summed E-state index contributed by atoms with van der Waals surface area (Å²) in [4.78, 5) is 5.28. The molecule has 1 aromatic carbocycles. The fourth-order valence-electron chi connectivity index (χ4n) is 4.89. The Hall–Kier alpha value is -0.900. The lowest BCUT2D eigenvalue weighted by atomic mass is 10.1. The van der Waals surface area contributed by atoms with Gasteiger partial charge >= 0.3 is 0 Å². The van der Waals surface area contributed by atoms with Crippen molar-refractivity contribution in [3.05, 3.63) is 35.9 Å². The number of hydrogen-bond donors (Lipinski definition) is 0. The lowest BCUT2D eigenvalue weighted by Crippen LogP contribution is -2.31. The summed E-state index contributed by atoms with van der Waals surface area (Å²) in [6.07, 6.45) is 6.63. The van der Waals surface area contributed by atoms with Gasteiger partial charge in [-0.05, 0) is 62.1 Å². The maximum atomic E-state index is 6.00. The number of piperidine rings is 2. The highest BCUT2D eigenvalue weighted by atomic mass is 16.5. The summed E-state index contributed by atoms with van der Waals surface area (Å²) in [7, 11) is 0. The van der Waals surface area contributed by atoms with Crippen LogP contribution in [-0.4, -0.2) is 62.3 Å². The molecule has 0 aromatic heterocycles. The van der Waals surface area contributed by atoms with Crippen molar-refractivity contribution >= 4 is 0 Å². The number of benzene rings is 1. The number of fused-ring (bicyclic) bond motifs is 1. The molecule has 2 saturated heterocycles. The molecular weight excluding hydrogens is 308 g/mol. The van der Waals surface area contributed by atoms with E-state index in [1.54, 1.807) is 0 Å². The van der Waals surface area contributed by atoms with Gasteiger partial charge in [-0.2, -0.15) is 0 Å². The predicted octanol–water partition coefficient (Wildman–Crippen LogP) is 3.30. The molecule has 4 rings (SSSR count). The molecule has 2 atom stereocenters. The third-order valence-electron chi connectivity index (χ3n) is 6.53. The molecule has 0 radical (unpaired) electrons. The Morgan fingerprint density at radius 3 is 2.40 bits per heavy atom. The van der Waals surface area contributed by atoms with E-state index in [1.165, 1.54) is 76.9 Å². The van der Waals surface area contributed by atoms with Gasteiger partial charge in [0.05, 0.1) is 6.61 Å². The predicted molar refractivity (Wildman–Crippen MR) is 103 cm³/mol. The van der Waals surface area contributed by atoms with E-state index in [0.29, 0.717) is 0 Å². The molecule has 0 N–H and O–H groups in total. The van der Waals surface area contributed by atoms with Gasteiger partial charge in [0.25, 0.3) is 0 Å². The molecule has 1 aliphatic carbocycles. The van der Waals surface area contributed by atoms with Crippen LogP contribution in [0.5, 0.6) is 0 Å². The zero-order valence-electron chi connectivity index (χ0n) is 15.6. The first-order chi connectivity index (χ1) is 12.4. The SMILES string of the molecule is c1ccc(CCN2CC3C(COCCCN4CCCCC4)C3C2)cc1. The second kappa shape index (κ2) is 8.66. The largest absolute Gasteiger partial charge is 0.381 e. The van der Waals surface area contributed by atoms with Gasteiger partial charge in [-0.15, -0.1) is 0 Å². The van der Waals surface area contributed by atoms with Crippen LogP contribution < -0.4 is 0 Å². The first-order valence-corrected chi connectivity index (χ1v) is 10.5. The quantitative estimate of drug-likeness (QED) is 0.641. The Labute approximate surface area is 153 Å². The Bertz CT molecular complexity index is 502. The third kappa shape index (κ3) is 4.84. The van der Waals surface area contributed by atoms with E-state index in [1.807, 2.05) is 0 Å². The molecular formula is C22H34N2O. The minimum absolute atomic E-state index is 0.864. The van der Waals surface area contributed by atoms with Gasteiger partial charge in [0.1, 0.15) is 0 Å². The molecule has 3 fully saturated rings. The van der Waals surface area contributed by atoms with E-state index in [9.17, 15) is 0 Å². The molecule has 0 spiro atoms. The van der Waals surface area contributed by atoms with Crippen molar-refractivity contribution in [1.29, 1.82) is 0 Å². The van der Waals surface area contributed by atoms with Crippen LogP contribution in [0.1, 0.15) is 31.2 Å². The number of nitrogens with zero attached hydrogens (tertiary/aromatic N) is 2. The van der Waals surface area contributed by atoms with Gasteiger partial charge in [0, 0.05) is 32.8 Å². The minimum Gasteiger partial charge on any atom is -0.381 e. The van der Waals surface area contributed by atoms with Crippen molar-refractivity contribution in [1.82, 2.24) is 9.80 Å². The average Bonchev–Trinajstić information content (AvgIpc) is 3.12. The van der Waals surface area contributed by atoms with Crippen LogP contribution in [0.2, 0.25) is 0 Å². The summed E-state index contributed by atoms with van der Waals surface area (Å²) in [5.74, 6) is 2.72. The smallest absolute Gasteiger partial charge is 0.0500 e. The summed E-state index contributed by atoms with van der Waals surface area (Å²) in [6, 6.07) is 10.9. The Balaban J connectivity index is 1.04. The molecule has 0 amide bonds. The van der Waals surface area contributed by atoms with Crippen LogP contribution in [0.3, 0.4) is 0 Å². The highest BCUT2D eigenvalue weighted by molar-refractivity contribution is 5.15. The summed E-state index contributed by atoms with van der Waals surface area (Å²) < 4.78 is 6.00. The number of likely N-dealkylation sites (tertiary alicyclic amines) is 2. The molecule has 3 nitrogen and oxygen atoms in total. The average molecular weight is 343 g/mol. The molecule has 1 saturated carbocycles. The second-order valence-corrected chi connectivity index (χ2v) is 8.32. The molecule has 0 bridgehead atoms. The fraction of sp³-hybridized carbons (Fsp3) is 0.727. The maximum absolute atomic E-state index is 6.00. The molecule has 25 heavy (non-hydrogen) atoms. The monoisotopic (exact) mass is 342 g/mol. The van der Waals surface area contributed by atoms with Gasteiger partial charge in [0.15, 0.2) is 0 Å². The van der Waals surface area contributed by atoms with Gasteiger partial charge < -0.3 is 14.5 Å². The summed E-state index contributed by atoms with van der Waals surface area (Å²) in [5.41, 5.74) is 1.47. The molecule has 1 aromatic rings. The fourth-order valence-corrected chi connectivity index (χ4v) is 4.89.